The van der Waals surface area contributed by atoms with Gasteiger partial charge in [-0.1, -0.05) is 31.4 Å². The van der Waals surface area contributed by atoms with Crippen LogP contribution in [0.3, 0.4) is 0 Å². The average Bonchev–Trinajstić information content (AvgIpc) is 2.95. The minimum absolute atomic E-state index is 0.293. The van der Waals surface area contributed by atoms with Crippen molar-refractivity contribution in [3.63, 3.8) is 0 Å². The summed E-state index contributed by atoms with van der Waals surface area (Å²) in [5, 5.41) is 6.76. The first kappa shape index (κ1) is 25.9. The van der Waals surface area contributed by atoms with E-state index in [4.69, 9.17) is 0 Å². The molecule has 2 saturated heterocycles. The molecule has 2 aliphatic heterocycles. The van der Waals surface area contributed by atoms with Crippen molar-refractivity contribution >= 4 is 16.8 Å². The lowest BCUT2D eigenvalue weighted by atomic mass is 9.65. The van der Waals surface area contributed by atoms with Gasteiger partial charge in [-0.05, 0) is 103 Å². The van der Waals surface area contributed by atoms with Crippen molar-refractivity contribution < 1.29 is 8.78 Å². The number of benzene rings is 2. The predicted octanol–water partition coefficient (Wildman–Crippen LogP) is 6.14. The zero-order valence-electron chi connectivity index (χ0n) is 22.7. The number of rotatable bonds is 4. The molecule has 2 N–H and O–H groups in total. The molecule has 1 aliphatic carbocycles. The van der Waals surface area contributed by atoms with E-state index in [1.54, 1.807) is 12.3 Å². The minimum Gasteiger partial charge on any atom is -0.367 e. The first-order valence-electron chi connectivity index (χ1n) is 14.0. The zero-order valence-corrected chi connectivity index (χ0v) is 22.7. The summed E-state index contributed by atoms with van der Waals surface area (Å²) in [7, 11) is 0. The SMILES string of the molecule is C=C1CC2(CCNCC2)Cc2cc(C(=C)c3cc(-c4cc(F)c(F)c(N5CCNCC5)c4)cnc3C)ccc21. The molecule has 2 aromatic carbocycles. The number of anilines is 1. The molecule has 3 aliphatic rings. The second-order valence-corrected chi connectivity index (χ2v) is 11.4. The van der Waals surface area contributed by atoms with E-state index < -0.39 is 11.6 Å². The molecule has 2 fully saturated rings. The zero-order chi connectivity index (χ0) is 27.1. The van der Waals surface area contributed by atoms with Crippen LogP contribution in [0, 0.1) is 24.0 Å². The highest BCUT2D eigenvalue weighted by molar-refractivity contribution is 5.83. The van der Waals surface area contributed by atoms with Gasteiger partial charge in [-0.15, -0.1) is 0 Å². The molecule has 3 aromatic rings. The maximum Gasteiger partial charge on any atom is 0.182 e. The smallest absolute Gasteiger partial charge is 0.182 e. The Morgan fingerprint density at radius 2 is 1.69 bits per heavy atom. The lowest BCUT2D eigenvalue weighted by Crippen LogP contribution is -2.44. The van der Waals surface area contributed by atoms with Crippen LogP contribution in [0.4, 0.5) is 14.5 Å². The second kappa shape index (κ2) is 10.3. The van der Waals surface area contributed by atoms with Crippen LogP contribution >= 0.6 is 0 Å². The quantitative estimate of drug-likeness (QED) is 0.429. The highest BCUT2D eigenvalue weighted by atomic mass is 19.2. The molecule has 0 saturated carbocycles. The van der Waals surface area contributed by atoms with E-state index in [0.29, 0.717) is 29.8 Å². The number of allylic oxidation sites excluding steroid dienone is 1. The molecular formula is C33H36F2N4. The van der Waals surface area contributed by atoms with Gasteiger partial charge < -0.3 is 15.5 Å². The van der Waals surface area contributed by atoms with Gasteiger partial charge in [-0.3, -0.25) is 4.98 Å². The second-order valence-electron chi connectivity index (χ2n) is 11.4. The molecule has 0 unspecified atom stereocenters. The van der Waals surface area contributed by atoms with Crippen molar-refractivity contribution in [2.24, 2.45) is 5.41 Å². The summed E-state index contributed by atoms with van der Waals surface area (Å²) < 4.78 is 29.6. The molecule has 6 heteroatoms. The lowest BCUT2D eigenvalue weighted by Gasteiger charge is -2.42. The number of nitrogens with zero attached hydrogens (tertiary/aromatic N) is 2. The molecule has 0 bridgehead atoms. The van der Waals surface area contributed by atoms with Crippen molar-refractivity contribution in [1.82, 2.24) is 15.6 Å². The fourth-order valence-corrected chi connectivity index (χ4v) is 6.63. The van der Waals surface area contributed by atoms with E-state index in [-0.39, 0.29) is 0 Å². The molecule has 3 heterocycles. The van der Waals surface area contributed by atoms with Gasteiger partial charge in [0.2, 0.25) is 0 Å². The number of nitrogens with one attached hydrogen (secondary N) is 2. The van der Waals surface area contributed by atoms with Gasteiger partial charge in [-0.2, -0.15) is 0 Å². The molecular weight excluding hydrogens is 490 g/mol. The normalized spacial score (nSPS) is 18.7. The van der Waals surface area contributed by atoms with Crippen molar-refractivity contribution in [2.45, 2.75) is 32.6 Å². The number of piperazine rings is 1. The third kappa shape index (κ3) is 4.92. The van der Waals surface area contributed by atoms with Crippen LogP contribution in [0.25, 0.3) is 22.3 Å². The Balaban J connectivity index is 1.33. The minimum atomic E-state index is -0.844. The number of fused-ring (bicyclic) bond motifs is 1. The van der Waals surface area contributed by atoms with E-state index in [2.05, 4.69) is 47.0 Å². The molecule has 1 aromatic heterocycles. The maximum absolute atomic E-state index is 14.8. The van der Waals surface area contributed by atoms with E-state index in [1.165, 1.54) is 35.6 Å². The van der Waals surface area contributed by atoms with E-state index in [0.717, 1.165) is 67.0 Å². The van der Waals surface area contributed by atoms with Crippen LogP contribution in [0.5, 0.6) is 0 Å². The van der Waals surface area contributed by atoms with E-state index >= 15 is 0 Å². The van der Waals surface area contributed by atoms with Crippen molar-refractivity contribution in [1.29, 1.82) is 0 Å². The highest BCUT2D eigenvalue weighted by Gasteiger charge is 2.37. The average molecular weight is 527 g/mol. The third-order valence-corrected chi connectivity index (χ3v) is 8.86. The summed E-state index contributed by atoms with van der Waals surface area (Å²) >= 11 is 0. The number of piperidine rings is 1. The monoisotopic (exact) mass is 526 g/mol. The van der Waals surface area contributed by atoms with Gasteiger partial charge >= 0.3 is 0 Å². The number of hydrogen-bond donors (Lipinski definition) is 2. The summed E-state index contributed by atoms with van der Waals surface area (Å²) in [6.07, 6.45) is 6.21. The van der Waals surface area contributed by atoms with Crippen molar-refractivity contribution in [3.8, 4) is 11.1 Å². The number of pyridine rings is 1. The van der Waals surface area contributed by atoms with Crippen LogP contribution in [-0.4, -0.2) is 44.3 Å². The van der Waals surface area contributed by atoms with Gasteiger partial charge in [0.1, 0.15) is 0 Å². The van der Waals surface area contributed by atoms with Gasteiger partial charge in [0.15, 0.2) is 11.6 Å². The predicted molar refractivity (Wildman–Crippen MR) is 156 cm³/mol. The van der Waals surface area contributed by atoms with Gasteiger partial charge in [-0.25, -0.2) is 8.78 Å². The molecule has 0 atom stereocenters. The largest absolute Gasteiger partial charge is 0.367 e. The molecule has 39 heavy (non-hydrogen) atoms. The van der Waals surface area contributed by atoms with Crippen molar-refractivity contribution in [3.05, 3.63) is 95.3 Å². The van der Waals surface area contributed by atoms with Crippen LogP contribution in [0.15, 0.2) is 55.8 Å². The van der Waals surface area contributed by atoms with Gasteiger partial charge in [0.05, 0.1) is 5.69 Å². The third-order valence-electron chi connectivity index (χ3n) is 8.86. The number of halogens is 2. The molecule has 1 spiro atoms. The fraction of sp³-hybridized carbons (Fsp3) is 0.364. The van der Waals surface area contributed by atoms with Crippen molar-refractivity contribution in [2.75, 3.05) is 44.2 Å². The van der Waals surface area contributed by atoms with E-state index in [1.807, 2.05) is 17.9 Å². The van der Waals surface area contributed by atoms with Crippen LogP contribution in [-0.2, 0) is 6.42 Å². The van der Waals surface area contributed by atoms with Crippen LogP contribution < -0.4 is 15.5 Å². The number of aromatic nitrogens is 1. The Bertz CT molecular complexity index is 1450. The Kier molecular flexibility index (Phi) is 6.86. The Morgan fingerprint density at radius 1 is 0.949 bits per heavy atom. The van der Waals surface area contributed by atoms with Crippen LogP contribution in [0.1, 0.15) is 47.2 Å². The summed E-state index contributed by atoms with van der Waals surface area (Å²) in [6.45, 7) is 15.7. The molecule has 0 radical (unpaired) electrons. The van der Waals surface area contributed by atoms with Gasteiger partial charge in [0.25, 0.3) is 0 Å². The molecule has 202 valence electrons. The maximum atomic E-state index is 14.8. The summed E-state index contributed by atoms with van der Waals surface area (Å²) in [5.74, 6) is -1.64. The summed E-state index contributed by atoms with van der Waals surface area (Å²) in [4.78, 5) is 6.54. The van der Waals surface area contributed by atoms with Gasteiger partial charge in [0, 0.05) is 49.2 Å². The van der Waals surface area contributed by atoms with E-state index in [9.17, 15) is 8.78 Å². The number of aryl methyl sites for hydroxylation is 1. The molecule has 0 amide bonds. The summed E-state index contributed by atoms with van der Waals surface area (Å²) in [5.41, 5.74) is 9.48. The Hall–Kier alpha value is -3.35. The molecule has 4 nitrogen and oxygen atoms in total. The topological polar surface area (TPSA) is 40.2 Å². The number of hydrogen-bond acceptors (Lipinski definition) is 4. The Labute approximate surface area is 229 Å². The Morgan fingerprint density at radius 3 is 2.46 bits per heavy atom. The first-order chi connectivity index (χ1) is 18.8. The standard InChI is InChI=1S/C33H36F2N4/c1-21-18-33(6-8-36-9-7-33)19-26-14-24(4-5-28(21)26)22(2)29-15-27(20-38-23(29)3)25-16-30(34)32(35)31(17-25)39-12-10-37-11-13-39/h4-5,14-17,20,36-37H,1-2,6-13,18-19H2,3H3. The lowest BCUT2D eigenvalue weighted by molar-refractivity contribution is 0.201. The first-order valence-corrected chi connectivity index (χ1v) is 14.0. The van der Waals surface area contributed by atoms with Crippen LogP contribution in [0.2, 0.25) is 0 Å². The molecule has 6 rings (SSSR count). The summed E-state index contributed by atoms with van der Waals surface area (Å²) in [6, 6.07) is 11.6. The fourth-order valence-electron chi connectivity index (χ4n) is 6.63. The highest BCUT2D eigenvalue weighted by Crippen LogP contribution is 2.47.